The first-order valence-corrected chi connectivity index (χ1v) is 8.77. The number of benzene rings is 2. The molecule has 2 N–H and O–H groups in total. The highest BCUT2D eigenvalue weighted by atomic mass is 35.5. The molecule has 1 saturated heterocycles. The molecule has 1 aliphatic heterocycles. The molecule has 7 heteroatoms. The number of carbonyl (C=O) groups is 1. The molecule has 1 amide bonds. The van der Waals surface area contributed by atoms with Crippen LogP contribution < -0.4 is 5.73 Å². The van der Waals surface area contributed by atoms with Gasteiger partial charge in [0.1, 0.15) is 11.6 Å². The fourth-order valence-electron chi connectivity index (χ4n) is 3.32. The van der Waals surface area contributed by atoms with Gasteiger partial charge in [0, 0.05) is 56.0 Å². The van der Waals surface area contributed by atoms with Crippen LogP contribution in [0, 0.1) is 11.6 Å². The summed E-state index contributed by atoms with van der Waals surface area (Å²) in [4.78, 5) is 16.5. The average Bonchev–Trinajstić information content (AvgIpc) is 2.67. The summed E-state index contributed by atoms with van der Waals surface area (Å²) >= 11 is 0. The van der Waals surface area contributed by atoms with Crippen molar-refractivity contribution in [1.29, 1.82) is 0 Å². The van der Waals surface area contributed by atoms with E-state index in [2.05, 4.69) is 4.90 Å². The van der Waals surface area contributed by atoms with Crippen molar-refractivity contribution in [2.45, 2.75) is 19.5 Å². The van der Waals surface area contributed by atoms with Crippen LogP contribution in [0.15, 0.2) is 42.5 Å². The van der Waals surface area contributed by atoms with E-state index in [-0.39, 0.29) is 24.4 Å². The van der Waals surface area contributed by atoms with E-state index >= 15 is 0 Å². The summed E-state index contributed by atoms with van der Waals surface area (Å²) in [5.41, 5.74) is 7.69. The molecule has 27 heavy (non-hydrogen) atoms. The molecular weight excluding hydrogens is 372 g/mol. The van der Waals surface area contributed by atoms with Crippen LogP contribution in [0.2, 0.25) is 0 Å². The second-order valence-electron chi connectivity index (χ2n) is 6.57. The van der Waals surface area contributed by atoms with E-state index in [9.17, 15) is 13.6 Å². The number of hydrogen-bond acceptors (Lipinski definition) is 3. The van der Waals surface area contributed by atoms with Gasteiger partial charge in [0.15, 0.2) is 0 Å². The molecule has 0 spiro atoms. The highest BCUT2D eigenvalue weighted by Gasteiger charge is 2.26. The fourth-order valence-corrected chi connectivity index (χ4v) is 3.32. The molecule has 1 atom stereocenters. The van der Waals surface area contributed by atoms with Crippen molar-refractivity contribution < 1.29 is 13.6 Å². The summed E-state index contributed by atoms with van der Waals surface area (Å²) in [5, 5.41) is 0. The predicted molar refractivity (Wildman–Crippen MR) is 104 cm³/mol. The van der Waals surface area contributed by atoms with Gasteiger partial charge in [0.2, 0.25) is 0 Å². The molecule has 1 aliphatic rings. The number of halogens is 3. The third-order valence-electron chi connectivity index (χ3n) is 5.00. The first-order valence-electron chi connectivity index (χ1n) is 8.77. The van der Waals surface area contributed by atoms with E-state index in [0.717, 1.165) is 11.6 Å². The Hall–Kier alpha value is -2.02. The van der Waals surface area contributed by atoms with Gasteiger partial charge in [-0.15, -0.1) is 12.4 Å². The number of nitrogens with two attached hydrogens (primary N) is 1. The molecule has 146 valence electrons. The third-order valence-corrected chi connectivity index (χ3v) is 5.00. The van der Waals surface area contributed by atoms with Crippen LogP contribution in [0.25, 0.3) is 0 Å². The predicted octanol–water partition coefficient (Wildman–Crippen LogP) is 3.36. The maximum atomic E-state index is 14.0. The zero-order valence-corrected chi connectivity index (χ0v) is 16.0. The van der Waals surface area contributed by atoms with Crippen LogP contribution in [-0.2, 0) is 6.54 Å². The van der Waals surface area contributed by atoms with Crippen molar-refractivity contribution in [1.82, 2.24) is 9.80 Å². The van der Waals surface area contributed by atoms with E-state index in [1.807, 2.05) is 24.0 Å². The molecule has 1 heterocycles. The van der Waals surface area contributed by atoms with Crippen LogP contribution in [0.5, 0.6) is 0 Å². The van der Waals surface area contributed by atoms with E-state index in [1.54, 1.807) is 12.1 Å². The van der Waals surface area contributed by atoms with Gasteiger partial charge in [-0.05, 0) is 30.7 Å². The van der Waals surface area contributed by atoms with Gasteiger partial charge >= 0.3 is 0 Å². The Morgan fingerprint density at radius 3 is 2.26 bits per heavy atom. The van der Waals surface area contributed by atoms with Crippen LogP contribution in [0.3, 0.4) is 0 Å². The Morgan fingerprint density at radius 1 is 1.07 bits per heavy atom. The van der Waals surface area contributed by atoms with Crippen molar-refractivity contribution >= 4 is 18.3 Å². The third kappa shape index (κ3) is 4.83. The lowest BCUT2D eigenvalue weighted by Gasteiger charge is -2.38. The first kappa shape index (κ1) is 21.3. The Balaban J connectivity index is 0.00000261. The molecule has 0 aromatic heterocycles. The molecule has 0 radical (unpaired) electrons. The van der Waals surface area contributed by atoms with Crippen molar-refractivity contribution in [3.05, 3.63) is 70.8 Å². The van der Waals surface area contributed by atoms with Gasteiger partial charge in [-0.2, -0.15) is 0 Å². The zero-order chi connectivity index (χ0) is 18.7. The molecule has 0 saturated carbocycles. The zero-order valence-electron chi connectivity index (χ0n) is 15.2. The number of nitrogens with zero attached hydrogens (tertiary/aromatic N) is 2. The van der Waals surface area contributed by atoms with E-state index < -0.39 is 11.6 Å². The van der Waals surface area contributed by atoms with Gasteiger partial charge in [-0.1, -0.05) is 18.2 Å². The molecule has 1 fully saturated rings. The van der Waals surface area contributed by atoms with Crippen LogP contribution in [0.1, 0.15) is 34.5 Å². The molecule has 0 bridgehead atoms. The van der Waals surface area contributed by atoms with Crippen molar-refractivity contribution in [2.24, 2.45) is 5.73 Å². The number of carbonyl (C=O) groups excluding carboxylic acids is 1. The second kappa shape index (κ2) is 9.26. The molecule has 0 aliphatic carbocycles. The first-order chi connectivity index (χ1) is 12.5. The summed E-state index contributed by atoms with van der Waals surface area (Å²) in [7, 11) is 0. The van der Waals surface area contributed by atoms with E-state index in [4.69, 9.17) is 5.73 Å². The van der Waals surface area contributed by atoms with Gasteiger partial charge < -0.3 is 10.6 Å². The average molecular weight is 396 g/mol. The Labute approximate surface area is 164 Å². The highest BCUT2D eigenvalue weighted by molar-refractivity contribution is 5.94. The molecular formula is C20H24ClF2N3O. The van der Waals surface area contributed by atoms with Gasteiger partial charge in [-0.25, -0.2) is 8.78 Å². The normalized spacial score (nSPS) is 15.9. The lowest BCUT2D eigenvalue weighted by atomic mass is 10.0. The summed E-state index contributed by atoms with van der Waals surface area (Å²) in [6, 6.07) is 10.8. The van der Waals surface area contributed by atoms with Crippen molar-refractivity contribution in [3.63, 3.8) is 0 Å². The maximum absolute atomic E-state index is 14.0. The van der Waals surface area contributed by atoms with E-state index in [1.165, 1.54) is 12.1 Å². The molecule has 4 nitrogen and oxygen atoms in total. The molecule has 2 aromatic carbocycles. The minimum atomic E-state index is -0.575. The summed E-state index contributed by atoms with van der Waals surface area (Å²) < 4.78 is 27.1. The number of amides is 1. The van der Waals surface area contributed by atoms with Crippen molar-refractivity contribution in [3.8, 4) is 0 Å². The van der Waals surface area contributed by atoms with Crippen LogP contribution in [0.4, 0.5) is 8.78 Å². The number of rotatable bonds is 4. The van der Waals surface area contributed by atoms with Crippen molar-refractivity contribution in [2.75, 3.05) is 26.2 Å². The SMILES string of the molecule is CC(c1ccc(F)cc1F)N1CCN(C(=O)c2ccc(CN)cc2)CC1.Cl. The second-order valence-corrected chi connectivity index (χ2v) is 6.57. The van der Waals surface area contributed by atoms with Crippen LogP contribution in [-0.4, -0.2) is 41.9 Å². The molecule has 3 rings (SSSR count). The fraction of sp³-hybridized carbons (Fsp3) is 0.350. The number of hydrogen-bond donors (Lipinski definition) is 1. The van der Waals surface area contributed by atoms with Gasteiger partial charge in [0.25, 0.3) is 5.91 Å². The quantitative estimate of drug-likeness (QED) is 0.863. The minimum Gasteiger partial charge on any atom is -0.336 e. The Kier molecular flexibility index (Phi) is 7.30. The highest BCUT2D eigenvalue weighted by Crippen LogP contribution is 2.25. The molecule has 1 unspecified atom stereocenters. The monoisotopic (exact) mass is 395 g/mol. The van der Waals surface area contributed by atoms with E-state index in [0.29, 0.717) is 43.9 Å². The van der Waals surface area contributed by atoms with Crippen LogP contribution >= 0.6 is 12.4 Å². The summed E-state index contributed by atoms with van der Waals surface area (Å²) in [5.74, 6) is -1.11. The maximum Gasteiger partial charge on any atom is 0.253 e. The number of piperazine rings is 1. The lowest BCUT2D eigenvalue weighted by molar-refractivity contribution is 0.0579. The lowest BCUT2D eigenvalue weighted by Crippen LogP contribution is -2.49. The Morgan fingerprint density at radius 2 is 1.70 bits per heavy atom. The minimum absolute atomic E-state index is 0. The smallest absolute Gasteiger partial charge is 0.253 e. The topological polar surface area (TPSA) is 49.6 Å². The molecule has 2 aromatic rings. The Bertz CT molecular complexity index is 777. The summed E-state index contributed by atoms with van der Waals surface area (Å²) in [6.07, 6.45) is 0. The van der Waals surface area contributed by atoms with Gasteiger partial charge in [0.05, 0.1) is 0 Å². The summed E-state index contributed by atoms with van der Waals surface area (Å²) in [6.45, 7) is 4.79. The van der Waals surface area contributed by atoms with Gasteiger partial charge in [-0.3, -0.25) is 9.69 Å². The largest absolute Gasteiger partial charge is 0.336 e. The standard InChI is InChI=1S/C20H23F2N3O.ClH/c1-14(18-7-6-17(21)12-19(18)22)24-8-10-25(11-9-24)20(26)16-4-2-15(13-23)3-5-16;/h2-7,12,14H,8-11,13,23H2,1H3;1H.